The summed E-state index contributed by atoms with van der Waals surface area (Å²) >= 11 is 3.46. The first-order chi connectivity index (χ1) is 16.5. The molecule has 1 atom stereocenters. The van der Waals surface area contributed by atoms with Gasteiger partial charge in [0.25, 0.3) is 0 Å². The average molecular weight is 535 g/mol. The van der Waals surface area contributed by atoms with Crippen LogP contribution in [0.2, 0.25) is 0 Å². The van der Waals surface area contributed by atoms with Gasteiger partial charge < -0.3 is 25.9 Å². The van der Waals surface area contributed by atoms with Crippen molar-refractivity contribution >= 4 is 33.5 Å². The second kappa shape index (κ2) is 15.3. The van der Waals surface area contributed by atoms with Crippen LogP contribution in [0, 0.1) is 5.92 Å². The lowest BCUT2D eigenvalue weighted by molar-refractivity contribution is 0.306. The fourth-order valence-electron chi connectivity index (χ4n) is 2.83. The minimum absolute atomic E-state index is 0.0489. The van der Waals surface area contributed by atoms with Gasteiger partial charge in [-0.1, -0.05) is 25.7 Å². The Labute approximate surface area is 210 Å². The van der Waals surface area contributed by atoms with Gasteiger partial charge in [0.2, 0.25) is 5.95 Å². The van der Waals surface area contributed by atoms with E-state index in [1.807, 2.05) is 26.1 Å². The summed E-state index contributed by atoms with van der Waals surface area (Å²) in [6, 6.07) is -0.0489. The molecule has 0 aliphatic heterocycles. The van der Waals surface area contributed by atoms with Crippen molar-refractivity contribution in [3.63, 3.8) is 0 Å². The fraction of sp³-hybridized carbons (Fsp3) is 0.458. The number of nitrogens with zero attached hydrogens (tertiary/aromatic N) is 3. The zero-order chi connectivity index (χ0) is 24.8. The molecule has 1 aromatic rings. The second-order valence-corrected chi connectivity index (χ2v) is 8.63. The molecule has 1 aliphatic rings. The SMILES string of the molecule is C=C/C=C(\C=C/CC(/C=C(\O)CNc1ncc(Br)c(N=C(CC)NNCC2CC2)n1)NC)OC. The van der Waals surface area contributed by atoms with Gasteiger partial charge in [0.1, 0.15) is 17.4 Å². The Morgan fingerprint density at radius 1 is 1.44 bits per heavy atom. The first-order valence-corrected chi connectivity index (χ1v) is 12.2. The van der Waals surface area contributed by atoms with Crippen LogP contribution in [-0.2, 0) is 4.74 Å². The summed E-state index contributed by atoms with van der Waals surface area (Å²) in [5, 5.41) is 16.6. The summed E-state index contributed by atoms with van der Waals surface area (Å²) in [6.07, 6.45) is 14.7. The van der Waals surface area contributed by atoms with Gasteiger partial charge in [-0.05, 0) is 66.4 Å². The van der Waals surface area contributed by atoms with Crippen molar-refractivity contribution in [1.29, 1.82) is 0 Å². The highest BCUT2D eigenvalue weighted by Crippen LogP contribution is 2.27. The first-order valence-electron chi connectivity index (χ1n) is 11.4. The van der Waals surface area contributed by atoms with Crippen molar-refractivity contribution in [2.45, 2.75) is 38.6 Å². The largest absolute Gasteiger partial charge is 0.511 e. The Bertz CT molecular complexity index is 911. The van der Waals surface area contributed by atoms with Crippen LogP contribution in [0.3, 0.4) is 0 Å². The molecule has 1 heterocycles. The Balaban J connectivity index is 1.94. The van der Waals surface area contributed by atoms with Crippen LogP contribution in [-0.4, -0.2) is 54.2 Å². The summed E-state index contributed by atoms with van der Waals surface area (Å²) in [5.74, 6) is 3.34. The molecule has 0 spiro atoms. The number of allylic oxidation sites excluding steroid dienone is 3. The molecular formula is C24H36BrN7O2. The van der Waals surface area contributed by atoms with Crippen LogP contribution in [0.4, 0.5) is 11.8 Å². The number of aliphatic hydroxyl groups is 1. The molecule has 1 fully saturated rings. The minimum Gasteiger partial charge on any atom is -0.511 e. The molecule has 0 radical (unpaired) electrons. The van der Waals surface area contributed by atoms with Crippen LogP contribution in [0.15, 0.2) is 64.1 Å². The number of amidine groups is 1. The molecule has 0 aromatic carbocycles. The number of aliphatic imine (C=N–C) groups is 1. The summed E-state index contributed by atoms with van der Waals surface area (Å²) in [7, 11) is 3.45. The predicted octanol–water partition coefficient (Wildman–Crippen LogP) is 4.29. The molecule has 5 N–H and O–H groups in total. The number of aliphatic hydroxyl groups excluding tert-OH is 1. The van der Waals surface area contributed by atoms with Crippen LogP contribution in [0.25, 0.3) is 0 Å². The maximum Gasteiger partial charge on any atom is 0.225 e. The van der Waals surface area contributed by atoms with Crippen molar-refractivity contribution in [3.8, 4) is 0 Å². The maximum absolute atomic E-state index is 10.4. The molecule has 1 unspecified atom stereocenters. The molecule has 34 heavy (non-hydrogen) atoms. The van der Waals surface area contributed by atoms with E-state index in [9.17, 15) is 5.11 Å². The molecule has 10 heteroatoms. The lowest BCUT2D eigenvalue weighted by atomic mass is 10.1. The van der Waals surface area contributed by atoms with Crippen LogP contribution in [0.1, 0.15) is 32.6 Å². The standard InChI is InChI=1S/C24H36BrN7O2/c1-5-8-20(34-4)10-7-9-18(26-3)13-19(33)15-27-24-28-16-21(25)23(31-24)30-22(6-2)32-29-14-17-11-12-17/h5,7-8,10,13,16-18,26,29,33H,1,6,9,11-12,14-15H2,2-4H3,(H2,27,28,30,31,32)/b10-7-,19-13-,20-8+. The number of ether oxygens (including phenoxy) is 1. The zero-order valence-electron chi connectivity index (χ0n) is 20.1. The molecule has 186 valence electrons. The number of halogens is 1. The normalized spacial score (nSPS) is 15.9. The summed E-state index contributed by atoms with van der Waals surface area (Å²) in [5.41, 5.74) is 6.39. The molecule has 0 bridgehead atoms. The predicted molar refractivity (Wildman–Crippen MR) is 142 cm³/mol. The van der Waals surface area contributed by atoms with Crippen molar-refractivity contribution in [2.24, 2.45) is 10.9 Å². The smallest absolute Gasteiger partial charge is 0.225 e. The quantitative estimate of drug-likeness (QED) is 0.0745. The summed E-state index contributed by atoms with van der Waals surface area (Å²) < 4.78 is 5.92. The van der Waals surface area contributed by atoms with Crippen molar-refractivity contribution in [1.82, 2.24) is 26.1 Å². The van der Waals surface area contributed by atoms with E-state index >= 15 is 0 Å². The van der Waals surface area contributed by atoms with Gasteiger partial charge >= 0.3 is 0 Å². The highest BCUT2D eigenvalue weighted by Gasteiger charge is 2.20. The molecule has 9 nitrogen and oxygen atoms in total. The van der Waals surface area contributed by atoms with Crippen LogP contribution < -0.4 is 21.5 Å². The van der Waals surface area contributed by atoms with E-state index in [0.29, 0.717) is 28.4 Å². The highest BCUT2D eigenvalue weighted by atomic mass is 79.9. The third-order valence-electron chi connectivity index (χ3n) is 5.00. The number of likely N-dealkylation sites (N-methyl/N-ethyl adjacent to an activating group) is 1. The molecule has 1 saturated carbocycles. The molecule has 2 rings (SSSR count). The number of anilines is 1. The summed E-state index contributed by atoms with van der Waals surface area (Å²) in [4.78, 5) is 13.3. The summed E-state index contributed by atoms with van der Waals surface area (Å²) in [6.45, 7) is 6.82. The Kier molecular flexibility index (Phi) is 12.4. The highest BCUT2D eigenvalue weighted by molar-refractivity contribution is 9.10. The van der Waals surface area contributed by atoms with E-state index in [4.69, 9.17) is 4.74 Å². The Hall–Kier alpha value is -2.69. The topological polar surface area (TPSA) is 116 Å². The zero-order valence-corrected chi connectivity index (χ0v) is 21.7. The number of hydrogen-bond acceptors (Lipinski definition) is 8. The van der Waals surface area contributed by atoms with E-state index in [1.165, 1.54) is 12.8 Å². The number of hydrogen-bond donors (Lipinski definition) is 5. The van der Waals surface area contributed by atoms with Crippen LogP contribution >= 0.6 is 15.9 Å². The van der Waals surface area contributed by atoms with E-state index in [-0.39, 0.29) is 18.3 Å². The third kappa shape index (κ3) is 10.5. The average Bonchev–Trinajstić information content (AvgIpc) is 3.66. The molecule has 0 saturated heterocycles. The molecule has 1 aromatic heterocycles. The van der Waals surface area contributed by atoms with Gasteiger partial charge in [-0.25, -0.2) is 15.4 Å². The molecule has 1 aliphatic carbocycles. The fourth-order valence-corrected chi connectivity index (χ4v) is 3.11. The first kappa shape index (κ1) is 27.6. The van der Waals surface area contributed by atoms with Crippen molar-refractivity contribution < 1.29 is 9.84 Å². The monoisotopic (exact) mass is 533 g/mol. The lowest BCUT2D eigenvalue weighted by Crippen LogP contribution is -2.38. The number of rotatable bonds is 15. The van der Waals surface area contributed by atoms with Crippen LogP contribution in [0.5, 0.6) is 0 Å². The van der Waals surface area contributed by atoms with E-state index in [2.05, 4.69) is 59.0 Å². The van der Waals surface area contributed by atoms with Gasteiger partial charge in [0.15, 0.2) is 5.82 Å². The van der Waals surface area contributed by atoms with E-state index in [0.717, 1.165) is 24.7 Å². The van der Waals surface area contributed by atoms with E-state index in [1.54, 1.807) is 31.5 Å². The number of nitrogens with one attached hydrogen (secondary N) is 4. The van der Waals surface area contributed by atoms with Gasteiger partial charge in [-0.15, -0.1) is 0 Å². The van der Waals surface area contributed by atoms with Gasteiger partial charge in [-0.2, -0.15) is 4.98 Å². The number of hydrazine groups is 1. The number of aromatic nitrogens is 2. The van der Waals surface area contributed by atoms with Crippen molar-refractivity contribution in [2.75, 3.05) is 32.6 Å². The second-order valence-electron chi connectivity index (χ2n) is 7.78. The Morgan fingerprint density at radius 2 is 2.24 bits per heavy atom. The van der Waals surface area contributed by atoms with Crippen molar-refractivity contribution in [3.05, 3.63) is 59.1 Å². The van der Waals surface area contributed by atoms with Gasteiger partial charge in [-0.3, -0.25) is 0 Å². The van der Waals surface area contributed by atoms with Gasteiger partial charge in [0.05, 0.1) is 18.1 Å². The minimum atomic E-state index is -0.0489. The van der Waals surface area contributed by atoms with Gasteiger partial charge in [0, 0.05) is 25.2 Å². The molecular weight excluding hydrogens is 498 g/mol. The Morgan fingerprint density at radius 3 is 2.88 bits per heavy atom. The van der Waals surface area contributed by atoms with E-state index < -0.39 is 0 Å². The lowest BCUT2D eigenvalue weighted by Gasteiger charge is -2.12. The maximum atomic E-state index is 10.4. The molecule has 0 amide bonds. The third-order valence-corrected chi connectivity index (χ3v) is 5.56. The number of methoxy groups -OCH3 is 1.